The van der Waals surface area contributed by atoms with Gasteiger partial charge in [-0.05, 0) is 75.8 Å². The molecule has 0 atom stereocenters. The molecule has 0 spiro atoms. The smallest absolute Gasteiger partial charge is 0.134 e. The highest BCUT2D eigenvalue weighted by molar-refractivity contribution is 9.10. The third-order valence-corrected chi connectivity index (χ3v) is 4.80. The Balaban J connectivity index is 1.72. The van der Waals surface area contributed by atoms with Gasteiger partial charge in [0.1, 0.15) is 18.1 Å². The average Bonchev–Trinajstić information content (AvgIpc) is 2.65. The van der Waals surface area contributed by atoms with Crippen molar-refractivity contribution in [3.8, 4) is 11.5 Å². The summed E-state index contributed by atoms with van der Waals surface area (Å²) < 4.78 is 12.2. The maximum Gasteiger partial charge on any atom is 0.134 e. The summed E-state index contributed by atoms with van der Waals surface area (Å²) in [7, 11) is 1.68. The molecule has 3 aromatic rings. The van der Waals surface area contributed by atoms with Gasteiger partial charge < -0.3 is 9.47 Å². The minimum absolute atomic E-state index is 0.566. The Morgan fingerprint density at radius 1 is 0.880 bits per heavy atom. The van der Waals surface area contributed by atoms with Crippen molar-refractivity contribution < 1.29 is 9.47 Å². The Morgan fingerprint density at radius 2 is 1.60 bits per heavy atom. The fourth-order valence-corrected chi connectivity index (χ4v) is 3.20. The van der Waals surface area contributed by atoms with Gasteiger partial charge in [0.25, 0.3) is 0 Å². The van der Waals surface area contributed by atoms with Crippen LogP contribution in [0.2, 0.25) is 0 Å². The zero-order valence-corrected chi connectivity index (χ0v) is 16.0. The van der Waals surface area contributed by atoms with E-state index < -0.39 is 0 Å². The molecular formula is C22H21BrO2. The molecule has 0 heterocycles. The molecule has 25 heavy (non-hydrogen) atoms. The van der Waals surface area contributed by atoms with E-state index in [1.54, 1.807) is 7.11 Å². The van der Waals surface area contributed by atoms with E-state index in [1.165, 1.54) is 16.7 Å². The molecule has 0 fully saturated rings. The summed E-state index contributed by atoms with van der Waals surface area (Å²) in [6, 6.07) is 22.7. The first-order valence-electron chi connectivity index (χ1n) is 8.24. The number of rotatable bonds is 6. The van der Waals surface area contributed by atoms with E-state index >= 15 is 0 Å². The van der Waals surface area contributed by atoms with Crippen LogP contribution in [0.5, 0.6) is 11.5 Å². The van der Waals surface area contributed by atoms with Crippen LogP contribution in [0.3, 0.4) is 0 Å². The molecule has 0 amide bonds. The molecule has 0 aromatic heterocycles. The number of halogens is 1. The second-order valence-corrected chi connectivity index (χ2v) is 6.86. The summed E-state index contributed by atoms with van der Waals surface area (Å²) in [6.07, 6.45) is 0.882. The molecule has 0 N–H and O–H groups in total. The summed E-state index contributed by atoms with van der Waals surface area (Å²) in [5, 5.41) is 0. The second-order valence-electron chi connectivity index (χ2n) is 6.01. The molecule has 0 unspecified atom stereocenters. The molecule has 0 aliphatic rings. The molecule has 128 valence electrons. The van der Waals surface area contributed by atoms with Gasteiger partial charge in [-0.2, -0.15) is 0 Å². The first-order chi connectivity index (χ1) is 12.2. The quantitative estimate of drug-likeness (QED) is 0.513. The minimum Gasteiger partial charge on any atom is -0.497 e. The molecule has 2 nitrogen and oxygen atoms in total. The highest BCUT2D eigenvalue weighted by Gasteiger charge is 2.08. The van der Waals surface area contributed by atoms with Gasteiger partial charge in [0, 0.05) is 0 Å². The largest absolute Gasteiger partial charge is 0.497 e. The van der Waals surface area contributed by atoms with Gasteiger partial charge >= 0.3 is 0 Å². The molecule has 0 aliphatic carbocycles. The summed E-state index contributed by atoms with van der Waals surface area (Å²) >= 11 is 3.65. The topological polar surface area (TPSA) is 18.5 Å². The number of hydrogen-bond donors (Lipinski definition) is 0. The average molecular weight is 397 g/mol. The summed E-state index contributed by atoms with van der Waals surface area (Å²) in [5.41, 5.74) is 4.93. The first-order valence-corrected chi connectivity index (χ1v) is 9.03. The van der Waals surface area contributed by atoms with E-state index in [4.69, 9.17) is 9.47 Å². The van der Waals surface area contributed by atoms with E-state index in [2.05, 4.69) is 59.3 Å². The maximum atomic E-state index is 5.98. The number of ether oxygens (including phenoxy) is 2. The van der Waals surface area contributed by atoms with Crippen molar-refractivity contribution in [2.24, 2.45) is 0 Å². The monoisotopic (exact) mass is 396 g/mol. The molecule has 3 heteroatoms. The predicted octanol–water partition coefficient (Wildman–Crippen LogP) is 5.94. The number of methoxy groups -OCH3 is 1. The zero-order valence-electron chi connectivity index (χ0n) is 14.5. The van der Waals surface area contributed by atoms with E-state index in [1.807, 2.05) is 30.3 Å². The van der Waals surface area contributed by atoms with Gasteiger partial charge in [-0.1, -0.05) is 42.5 Å². The third kappa shape index (κ3) is 4.64. The summed E-state index contributed by atoms with van der Waals surface area (Å²) in [5.74, 6) is 1.76. The van der Waals surface area contributed by atoms with Crippen LogP contribution in [0, 0.1) is 6.92 Å². The molecule has 0 saturated heterocycles. The van der Waals surface area contributed by atoms with E-state index in [0.29, 0.717) is 6.61 Å². The van der Waals surface area contributed by atoms with Crippen molar-refractivity contribution >= 4 is 15.9 Å². The van der Waals surface area contributed by atoms with Crippen LogP contribution in [0.15, 0.2) is 71.2 Å². The lowest BCUT2D eigenvalue weighted by Crippen LogP contribution is -1.99. The predicted molar refractivity (Wildman–Crippen MR) is 105 cm³/mol. The third-order valence-electron chi connectivity index (χ3n) is 4.18. The fourth-order valence-electron chi connectivity index (χ4n) is 2.70. The lowest BCUT2D eigenvalue weighted by molar-refractivity contribution is 0.304. The van der Waals surface area contributed by atoms with Gasteiger partial charge in [-0.15, -0.1) is 0 Å². The van der Waals surface area contributed by atoms with E-state index in [9.17, 15) is 0 Å². The summed E-state index contributed by atoms with van der Waals surface area (Å²) in [4.78, 5) is 0. The number of aryl methyl sites for hydroxylation is 1. The maximum absolute atomic E-state index is 5.98. The fraction of sp³-hybridized carbons (Fsp3) is 0.182. The van der Waals surface area contributed by atoms with Crippen molar-refractivity contribution in [2.75, 3.05) is 7.11 Å². The molecule has 0 radical (unpaired) electrons. The lowest BCUT2D eigenvalue weighted by Gasteiger charge is -2.13. The van der Waals surface area contributed by atoms with E-state index in [0.717, 1.165) is 28.0 Å². The van der Waals surface area contributed by atoms with Crippen molar-refractivity contribution in [3.63, 3.8) is 0 Å². The second kappa shape index (κ2) is 8.21. The van der Waals surface area contributed by atoms with Crippen LogP contribution in [0.25, 0.3) is 0 Å². The Bertz CT molecular complexity index is 827. The van der Waals surface area contributed by atoms with Gasteiger partial charge in [0.05, 0.1) is 11.6 Å². The van der Waals surface area contributed by atoms with Gasteiger partial charge in [-0.3, -0.25) is 0 Å². The van der Waals surface area contributed by atoms with Crippen LogP contribution in [-0.4, -0.2) is 7.11 Å². The molecule has 0 aliphatic heterocycles. The van der Waals surface area contributed by atoms with Crippen LogP contribution in [0.1, 0.15) is 22.3 Å². The zero-order chi connectivity index (χ0) is 17.6. The molecule has 3 rings (SSSR count). The van der Waals surface area contributed by atoms with Crippen molar-refractivity contribution in [1.82, 2.24) is 0 Å². The van der Waals surface area contributed by atoms with Gasteiger partial charge in [-0.25, -0.2) is 0 Å². The highest BCUT2D eigenvalue weighted by atomic mass is 79.9. The SMILES string of the molecule is COc1ccc(Cc2cc(Br)c(OCc3ccccc3)cc2C)cc1. The van der Waals surface area contributed by atoms with Crippen molar-refractivity contribution in [2.45, 2.75) is 20.0 Å². The van der Waals surface area contributed by atoms with Crippen LogP contribution >= 0.6 is 15.9 Å². The van der Waals surface area contributed by atoms with Crippen LogP contribution < -0.4 is 9.47 Å². The van der Waals surface area contributed by atoms with Crippen LogP contribution in [-0.2, 0) is 13.0 Å². The molecule has 0 bridgehead atoms. The Hall–Kier alpha value is -2.26. The Labute approximate surface area is 157 Å². The molecule has 3 aromatic carbocycles. The Kier molecular flexibility index (Phi) is 5.77. The number of hydrogen-bond acceptors (Lipinski definition) is 2. The molecule has 0 saturated carbocycles. The first kappa shape index (κ1) is 17.6. The number of benzene rings is 3. The molecular weight excluding hydrogens is 376 g/mol. The summed E-state index contributed by atoms with van der Waals surface area (Å²) in [6.45, 7) is 2.69. The highest BCUT2D eigenvalue weighted by Crippen LogP contribution is 2.30. The van der Waals surface area contributed by atoms with Gasteiger partial charge in [0.2, 0.25) is 0 Å². The lowest BCUT2D eigenvalue weighted by atomic mass is 10.0. The van der Waals surface area contributed by atoms with Crippen molar-refractivity contribution in [3.05, 3.63) is 93.5 Å². The van der Waals surface area contributed by atoms with Gasteiger partial charge in [0.15, 0.2) is 0 Å². The normalized spacial score (nSPS) is 10.5. The van der Waals surface area contributed by atoms with Crippen LogP contribution in [0.4, 0.5) is 0 Å². The van der Waals surface area contributed by atoms with E-state index in [-0.39, 0.29) is 0 Å². The Morgan fingerprint density at radius 3 is 2.28 bits per heavy atom. The van der Waals surface area contributed by atoms with Crippen molar-refractivity contribution in [1.29, 1.82) is 0 Å². The minimum atomic E-state index is 0.566. The standard InChI is InChI=1S/C22H21BrO2/c1-16-12-22(25-15-18-6-4-3-5-7-18)21(23)14-19(16)13-17-8-10-20(24-2)11-9-17/h3-12,14H,13,15H2,1-2H3.